The maximum absolute atomic E-state index is 10.8. The van der Waals surface area contributed by atoms with Crippen LogP contribution in [0.15, 0.2) is 50.4 Å². The fraction of sp³-hybridized carbons (Fsp3) is 0. The van der Waals surface area contributed by atoms with E-state index in [0.29, 0.717) is 5.69 Å². The van der Waals surface area contributed by atoms with Crippen molar-refractivity contribution in [3.8, 4) is 0 Å². The van der Waals surface area contributed by atoms with E-state index in [0.717, 1.165) is 12.3 Å². The number of hydrogen-bond donors (Lipinski definition) is 2. The summed E-state index contributed by atoms with van der Waals surface area (Å²) in [5.74, 6) is 0.129. The van der Waals surface area contributed by atoms with Crippen molar-refractivity contribution in [2.45, 2.75) is 5.09 Å². The Balaban J connectivity index is 2.13. The molecular formula is C10H9N5O4S. The van der Waals surface area contributed by atoms with E-state index in [-0.39, 0.29) is 11.6 Å². The molecule has 2 aromatic rings. The summed E-state index contributed by atoms with van der Waals surface area (Å²) in [7, 11) is -4.37. The molecule has 2 heterocycles. The van der Waals surface area contributed by atoms with Gasteiger partial charge in [-0.1, -0.05) is 0 Å². The summed E-state index contributed by atoms with van der Waals surface area (Å²) < 4.78 is 35.1. The average molecular weight is 295 g/mol. The Morgan fingerprint density at radius 1 is 1.40 bits per heavy atom. The van der Waals surface area contributed by atoms with Crippen LogP contribution in [0, 0.1) is 0 Å². The minimum atomic E-state index is -4.37. The van der Waals surface area contributed by atoms with Crippen LogP contribution in [0.5, 0.6) is 0 Å². The van der Waals surface area contributed by atoms with Crippen molar-refractivity contribution in [2.24, 2.45) is 15.9 Å². The summed E-state index contributed by atoms with van der Waals surface area (Å²) in [6, 6.07) is 2.40. The molecule has 2 rings (SSSR count). The van der Waals surface area contributed by atoms with Crippen molar-refractivity contribution >= 4 is 22.2 Å². The topological polar surface area (TPSA) is 144 Å². The second-order valence-corrected chi connectivity index (χ2v) is 4.80. The Labute approximate surface area is 113 Å². The quantitative estimate of drug-likeness (QED) is 0.351. The number of nitrogens with two attached hydrogens (primary N) is 1. The summed E-state index contributed by atoms with van der Waals surface area (Å²) in [6.45, 7) is 0. The third-order valence-electron chi connectivity index (χ3n) is 2.03. The van der Waals surface area contributed by atoms with Gasteiger partial charge in [0.25, 0.3) is 0 Å². The van der Waals surface area contributed by atoms with Gasteiger partial charge in [0, 0.05) is 12.4 Å². The van der Waals surface area contributed by atoms with Crippen LogP contribution in [0.2, 0.25) is 0 Å². The molecule has 9 nitrogen and oxygen atoms in total. The van der Waals surface area contributed by atoms with E-state index in [9.17, 15) is 8.42 Å². The molecule has 20 heavy (non-hydrogen) atoms. The molecule has 0 amide bonds. The van der Waals surface area contributed by atoms with Crippen LogP contribution >= 0.6 is 0 Å². The Morgan fingerprint density at radius 2 is 2.20 bits per heavy atom. The van der Waals surface area contributed by atoms with Crippen molar-refractivity contribution in [1.29, 1.82) is 0 Å². The summed E-state index contributed by atoms with van der Waals surface area (Å²) in [6.07, 6.45) is 5.49. The van der Waals surface area contributed by atoms with Gasteiger partial charge < -0.3 is 10.2 Å². The molecule has 0 aliphatic rings. The summed E-state index contributed by atoms with van der Waals surface area (Å²) in [4.78, 5) is 7.73. The first kappa shape index (κ1) is 13.8. The lowest BCUT2D eigenvalue weighted by molar-refractivity contribution is 0.404. The molecule has 0 atom stereocenters. The lowest BCUT2D eigenvalue weighted by Gasteiger charge is -1.94. The highest BCUT2D eigenvalue weighted by molar-refractivity contribution is 7.85. The molecule has 0 aliphatic heterocycles. The molecular weight excluding hydrogens is 286 g/mol. The highest BCUT2D eigenvalue weighted by atomic mass is 32.2. The zero-order valence-corrected chi connectivity index (χ0v) is 10.7. The van der Waals surface area contributed by atoms with E-state index in [1.165, 1.54) is 24.7 Å². The summed E-state index contributed by atoms with van der Waals surface area (Å²) >= 11 is 0. The van der Waals surface area contributed by atoms with Crippen molar-refractivity contribution < 1.29 is 17.4 Å². The van der Waals surface area contributed by atoms with E-state index in [4.69, 9.17) is 14.7 Å². The molecule has 104 valence electrons. The minimum Gasteiger partial charge on any atom is -0.441 e. The van der Waals surface area contributed by atoms with Gasteiger partial charge in [-0.15, -0.1) is 5.10 Å². The van der Waals surface area contributed by atoms with Crippen LogP contribution in [0.4, 0.5) is 0 Å². The molecule has 10 heteroatoms. The largest absolute Gasteiger partial charge is 0.441 e. The fourth-order valence-electron chi connectivity index (χ4n) is 1.17. The molecule has 0 radical (unpaired) electrons. The third kappa shape index (κ3) is 3.46. The Kier molecular flexibility index (Phi) is 3.86. The van der Waals surface area contributed by atoms with Gasteiger partial charge in [0.05, 0.1) is 12.4 Å². The predicted molar refractivity (Wildman–Crippen MR) is 68.9 cm³/mol. The monoisotopic (exact) mass is 295 g/mol. The standard InChI is InChI=1S/C10H9N5O4S/c11-10(8-6-12-3-4-13-8)15-14-5-7-1-2-9(19-7)20(16,17)18/h1-6H,(H2,11,15)(H,16,17,18). The van der Waals surface area contributed by atoms with Gasteiger partial charge in [-0.05, 0) is 12.1 Å². The van der Waals surface area contributed by atoms with E-state index in [1.54, 1.807) is 0 Å². The van der Waals surface area contributed by atoms with Gasteiger partial charge in [-0.3, -0.25) is 9.54 Å². The van der Waals surface area contributed by atoms with E-state index in [1.807, 2.05) is 0 Å². The van der Waals surface area contributed by atoms with Crippen molar-refractivity contribution in [3.63, 3.8) is 0 Å². The first-order valence-electron chi connectivity index (χ1n) is 5.17. The SMILES string of the molecule is NC(=NN=Cc1ccc(S(=O)(=O)O)o1)c1cnccn1. The highest BCUT2D eigenvalue weighted by Crippen LogP contribution is 2.11. The van der Waals surface area contributed by atoms with E-state index < -0.39 is 15.2 Å². The zero-order chi connectivity index (χ0) is 14.6. The van der Waals surface area contributed by atoms with Crippen LogP contribution in [0.25, 0.3) is 0 Å². The molecule has 0 unspecified atom stereocenters. The fourth-order valence-corrected chi connectivity index (χ4v) is 1.61. The highest BCUT2D eigenvalue weighted by Gasteiger charge is 2.13. The summed E-state index contributed by atoms with van der Waals surface area (Å²) in [5, 5.41) is 6.68. The van der Waals surface area contributed by atoms with Crippen LogP contribution in [0.1, 0.15) is 11.5 Å². The third-order valence-corrected chi connectivity index (χ3v) is 2.76. The Morgan fingerprint density at radius 3 is 2.80 bits per heavy atom. The molecule has 0 fully saturated rings. The van der Waals surface area contributed by atoms with Crippen LogP contribution in [0.3, 0.4) is 0 Å². The lowest BCUT2D eigenvalue weighted by atomic mass is 10.4. The van der Waals surface area contributed by atoms with Gasteiger partial charge >= 0.3 is 10.1 Å². The number of furan rings is 1. The number of aromatic nitrogens is 2. The molecule has 3 N–H and O–H groups in total. The molecule has 2 aromatic heterocycles. The molecule has 0 spiro atoms. The van der Waals surface area contributed by atoms with E-state index >= 15 is 0 Å². The van der Waals surface area contributed by atoms with Crippen molar-refractivity contribution in [2.75, 3.05) is 0 Å². The molecule has 0 saturated heterocycles. The maximum Gasteiger partial charge on any atom is 0.328 e. The Hall–Kier alpha value is -2.59. The first-order valence-corrected chi connectivity index (χ1v) is 6.61. The first-order chi connectivity index (χ1) is 9.47. The number of amidine groups is 1. The second-order valence-electron chi connectivity index (χ2n) is 3.45. The molecule has 0 saturated carbocycles. The molecule has 0 aliphatic carbocycles. The lowest BCUT2D eigenvalue weighted by Crippen LogP contribution is -2.14. The van der Waals surface area contributed by atoms with Crippen molar-refractivity contribution in [1.82, 2.24) is 9.97 Å². The van der Waals surface area contributed by atoms with Crippen LogP contribution in [-0.2, 0) is 10.1 Å². The molecule has 0 bridgehead atoms. The normalized spacial score (nSPS) is 12.9. The van der Waals surface area contributed by atoms with Gasteiger partial charge in [0.2, 0.25) is 5.09 Å². The predicted octanol–water partition coefficient (Wildman–Crippen LogP) is 0.0557. The zero-order valence-electron chi connectivity index (χ0n) is 9.91. The molecule has 0 aromatic carbocycles. The number of nitrogens with zero attached hydrogens (tertiary/aromatic N) is 4. The van der Waals surface area contributed by atoms with Gasteiger partial charge in [0.15, 0.2) is 5.84 Å². The van der Waals surface area contributed by atoms with Gasteiger partial charge in [-0.25, -0.2) is 4.98 Å². The Bertz CT molecular complexity index is 751. The van der Waals surface area contributed by atoms with Crippen molar-refractivity contribution in [3.05, 3.63) is 42.2 Å². The minimum absolute atomic E-state index is 0.0379. The van der Waals surface area contributed by atoms with Gasteiger partial charge in [-0.2, -0.15) is 13.5 Å². The van der Waals surface area contributed by atoms with Gasteiger partial charge in [0.1, 0.15) is 11.5 Å². The average Bonchev–Trinajstić information content (AvgIpc) is 2.88. The van der Waals surface area contributed by atoms with E-state index in [2.05, 4.69) is 20.2 Å². The number of rotatable bonds is 4. The smallest absolute Gasteiger partial charge is 0.328 e. The summed E-state index contributed by atoms with van der Waals surface area (Å²) in [5.41, 5.74) is 5.95. The van der Waals surface area contributed by atoms with Crippen LogP contribution in [-0.4, -0.2) is 35.0 Å². The number of hydrogen-bond acceptors (Lipinski definition) is 7. The maximum atomic E-state index is 10.8. The second kappa shape index (κ2) is 5.59. The van der Waals surface area contributed by atoms with Crippen LogP contribution < -0.4 is 5.73 Å².